The summed E-state index contributed by atoms with van der Waals surface area (Å²) < 4.78 is 16.8. The van der Waals surface area contributed by atoms with Crippen LogP contribution in [-0.4, -0.2) is 37.2 Å². The first-order valence-corrected chi connectivity index (χ1v) is 32.5. The van der Waals surface area contributed by atoms with Crippen LogP contribution in [0.4, 0.5) is 0 Å². The molecule has 0 N–H and O–H groups in total. The van der Waals surface area contributed by atoms with E-state index in [0.29, 0.717) is 19.3 Å². The van der Waals surface area contributed by atoms with Gasteiger partial charge in [-0.15, -0.1) is 0 Å². The van der Waals surface area contributed by atoms with Gasteiger partial charge in [0, 0.05) is 19.3 Å². The summed E-state index contributed by atoms with van der Waals surface area (Å²) in [5.74, 6) is -0.939. The molecule has 6 nitrogen and oxygen atoms in total. The molecule has 0 aliphatic rings. The average molecular weight is 1080 g/mol. The van der Waals surface area contributed by atoms with Gasteiger partial charge in [0.2, 0.25) is 0 Å². The molecule has 6 heteroatoms. The van der Waals surface area contributed by atoms with Gasteiger partial charge in [-0.25, -0.2) is 0 Å². The summed E-state index contributed by atoms with van der Waals surface area (Å²) in [6.45, 7) is 6.46. The second kappa shape index (κ2) is 65.3. The number of unbranched alkanes of at least 4 members (excludes halogenated alkanes) is 27. The van der Waals surface area contributed by atoms with E-state index in [0.717, 1.165) is 116 Å². The fourth-order valence-electron chi connectivity index (χ4n) is 8.84. The molecule has 78 heavy (non-hydrogen) atoms. The van der Waals surface area contributed by atoms with E-state index in [1.54, 1.807) is 0 Å². The van der Waals surface area contributed by atoms with Crippen LogP contribution in [-0.2, 0) is 28.6 Å². The number of carbonyl (C=O) groups is 3. The van der Waals surface area contributed by atoms with Gasteiger partial charge in [0.1, 0.15) is 13.2 Å². The van der Waals surface area contributed by atoms with E-state index in [9.17, 15) is 14.4 Å². The third-order valence-corrected chi connectivity index (χ3v) is 13.7. The van der Waals surface area contributed by atoms with Gasteiger partial charge < -0.3 is 14.2 Å². The minimum absolute atomic E-state index is 0.0925. The highest BCUT2D eigenvalue weighted by molar-refractivity contribution is 5.71. The van der Waals surface area contributed by atoms with Crippen molar-refractivity contribution in [3.63, 3.8) is 0 Å². The summed E-state index contributed by atoms with van der Waals surface area (Å²) in [5, 5.41) is 0. The minimum atomic E-state index is -0.798. The normalized spacial score (nSPS) is 12.9. The topological polar surface area (TPSA) is 78.9 Å². The van der Waals surface area contributed by atoms with Gasteiger partial charge in [0.05, 0.1) is 0 Å². The van der Waals surface area contributed by atoms with Crippen LogP contribution >= 0.6 is 0 Å². The molecule has 0 heterocycles. The predicted molar refractivity (Wildman–Crippen MR) is 339 cm³/mol. The molecular weight excluding hydrogens is 961 g/mol. The van der Waals surface area contributed by atoms with E-state index in [4.69, 9.17) is 14.2 Å². The van der Waals surface area contributed by atoms with E-state index in [2.05, 4.69) is 142 Å². The zero-order chi connectivity index (χ0) is 56.4. The van der Waals surface area contributed by atoms with Gasteiger partial charge >= 0.3 is 17.9 Å². The van der Waals surface area contributed by atoms with Crippen molar-refractivity contribution in [3.8, 4) is 0 Å². The third kappa shape index (κ3) is 62.7. The minimum Gasteiger partial charge on any atom is -0.462 e. The van der Waals surface area contributed by atoms with Gasteiger partial charge in [-0.1, -0.05) is 284 Å². The highest BCUT2D eigenvalue weighted by atomic mass is 16.6. The van der Waals surface area contributed by atoms with E-state index >= 15 is 0 Å². The summed E-state index contributed by atoms with van der Waals surface area (Å²) >= 11 is 0. The lowest BCUT2D eigenvalue weighted by Gasteiger charge is -2.18. The van der Waals surface area contributed by atoms with Crippen molar-refractivity contribution in [1.82, 2.24) is 0 Å². The Kier molecular flexibility index (Phi) is 61.8. The second-order valence-electron chi connectivity index (χ2n) is 21.3. The Hall–Kier alpha value is -4.19. The number of ether oxygens (including phenoxy) is 3. The standard InChI is InChI=1S/C72H120O6/c1-4-7-10-13-16-19-21-23-25-27-29-31-33-35-36-38-39-41-43-45-47-49-51-53-56-59-62-65-71(74)77-68-69(67-76-70(73)64-61-58-55-18-15-12-9-6-3)78-72(75)66-63-60-57-54-52-50-48-46-44-42-40-37-34-32-30-28-26-24-22-20-17-14-11-8-5-2/h7,10,16,19,22-25,28-31,35-36,39,41,45,47,51,53,69H,4-6,8-9,11-15,17-18,20-21,26-27,32-34,37-38,40,42-44,46,48-50,52,54-68H2,1-3H3/b10-7-,19-16-,24-22-,25-23-,30-28-,31-29-,36-35-,41-39-,47-45-,53-51-. The van der Waals surface area contributed by atoms with Crippen molar-refractivity contribution < 1.29 is 28.6 Å². The van der Waals surface area contributed by atoms with E-state index in [-0.39, 0.29) is 31.1 Å². The van der Waals surface area contributed by atoms with Crippen LogP contribution in [0.25, 0.3) is 0 Å². The molecule has 0 aliphatic heterocycles. The van der Waals surface area contributed by atoms with Crippen molar-refractivity contribution in [2.45, 2.75) is 303 Å². The molecule has 0 saturated heterocycles. The van der Waals surface area contributed by atoms with Crippen molar-refractivity contribution in [1.29, 1.82) is 0 Å². The smallest absolute Gasteiger partial charge is 0.306 e. The number of hydrogen-bond acceptors (Lipinski definition) is 6. The molecule has 0 bridgehead atoms. The van der Waals surface area contributed by atoms with Gasteiger partial charge in [-0.2, -0.15) is 0 Å². The van der Waals surface area contributed by atoms with Crippen LogP contribution in [0.1, 0.15) is 297 Å². The van der Waals surface area contributed by atoms with Crippen molar-refractivity contribution in [3.05, 3.63) is 122 Å². The van der Waals surface area contributed by atoms with Crippen molar-refractivity contribution in [2.24, 2.45) is 0 Å². The molecule has 0 radical (unpaired) electrons. The number of allylic oxidation sites excluding steroid dienone is 20. The van der Waals surface area contributed by atoms with Crippen LogP contribution in [0.5, 0.6) is 0 Å². The molecule has 0 rings (SSSR count). The highest BCUT2D eigenvalue weighted by Gasteiger charge is 2.19. The largest absolute Gasteiger partial charge is 0.462 e. The third-order valence-electron chi connectivity index (χ3n) is 13.7. The van der Waals surface area contributed by atoms with Gasteiger partial charge in [0.15, 0.2) is 6.10 Å². The molecule has 0 saturated carbocycles. The van der Waals surface area contributed by atoms with Gasteiger partial charge in [-0.3, -0.25) is 14.4 Å². The highest BCUT2D eigenvalue weighted by Crippen LogP contribution is 2.16. The maximum absolute atomic E-state index is 12.9. The molecule has 0 aromatic heterocycles. The molecule has 1 atom stereocenters. The van der Waals surface area contributed by atoms with E-state index in [1.807, 2.05) is 0 Å². The molecule has 0 aromatic rings. The maximum atomic E-state index is 12.9. The van der Waals surface area contributed by atoms with Crippen molar-refractivity contribution in [2.75, 3.05) is 13.2 Å². The zero-order valence-corrected chi connectivity index (χ0v) is 50.9. The Balaban J connectivity index is 4.28. The van der Waals surface area contributed by atoms with Crippen molar-refractivity contribution >= 4 is 17.9 Å². The first-order valence-electron chi connectivity index (χ1n) is 32.5. The lowest BCUT2D eigenvalue weighted by atomic mass is 10.0. The lowest BCUT2D eigenvalue weighted by Crippen LogP contribution is -2.30. The lowest BCUT2D eigenvalue weighted by molar-refractivity contribution is -0.167. The number of hydrogen-bond donors (Lipinski definition) is 0. The summed E-state index contributed by atoms with van der Waals surface area (Å²) in [4.78, 5) is 38.1. The number of rotatable bonds is 58. The fraction of sp³-hybridized carbons (Fsp3) is 0.681. The van der Waals surface area contributed by atoms with Crippen LogP contribution in [0, 0.1) is 0 Å². The molecule has 0 amide bonds. The van der Waals surface area contributed by atoms with Gasteiger partial charge in [0.25, 0.3) is 0 Å². The fourth-order valence-corrected chi connectivity index (χ4v) is 8.84. The number of esters is 3. The maximum Gasteiger partial charge on any atom is 0.306 e. The predicted octanol–water partition coefficient (Wildman–Crippen LogP) is 22.4. The van der Waals surface area contributed by atoms with Crippen LogP contribution < -0.4 is 0 Å². The van der Waals surface area contributed by atoms with Gasteiger partial charge in [-0.05, 0) is 116 Å². The molecule has 0 aliphatic carbocycles. The van der Waals surface area contributed by atoms with Crippen LogP contribution in [0.3, 0.4) is 0 Å². The first kappa shape index (κ1) is 73.8. The Morgan fingerprint density at radius 3 is 0.808 bits per heavy atom. The van der Waals surface area contributed by atoms with E-state index < -0.39 is 6.10 Å². The Morgan fingerprint density at radius 2 is 0.500 bits per heavy atom. The second-order valence-corrected chi connectivity index (χ2v) is 21.3. The summed E-state index contributed by atoms with van der Waals surface area (Å²) in [6.07, 6.45) is 90.8. The van der Waals surface area contributed by atoms with Crippen LogP contribution in [0.2, 0.25) is 0 Å². The summed E-state index contributed by atoms with van der Waals surface area (Å²) in [6, 6.07) is 0. The molecule has 0 spiro atoms. The molecule has 444 valence electrons. The first-order chi connectivity index (χ1) is 38.5. The monoisotopic (exact) mass is 1080 g/mol. The summed E-state index contributed by atoms with van der Waals surface area (Å²) in [5.41, 5.74) is 0. The molecule has 0 fully saturated rings. The quantitative estimate of drug-likeness (QED) is 0.0261. The average Bonchev–Trinajstić information content (AvgIpc) is 3.44. The van der Waals surface area contributed by atoms with E-state index in [1.165, 1.54) is 141 Å². The molecular formula is C72H120O6. The molecule has 1 unspecified atom stereocenters. The Bertz CT molecular complexity index is 1620. The van der Waals surface area contributed by atoms with Crippen LogP contribution in [0.15, 0.2) is 122 Å². The Labute approximate surface area is 482 Å². The summed E-state index contributed by atoms with van der Waals surface area (Å²) in [7, 11) is 0. The Morgan fingerprint density at radius 1 is 0.269 bits per heavy atom. The zero-order valence-electron chi connectivity index (χ0n) is 50.9. The number of carbonyl (C=O) groups excluding carboxylic acids is 3. The molecule has 0 aromatic carbocycles. The SMILES string of the molecule is CC/C=C\C/C=C\C/C=C\C/C=C\C/C=C\C/C=C\C/C=C\C/C=C\CCCCC(=O)OCC(COC(=O)CCCCCCCCCC)OC(=O)CCCCCCCCCCCCCCC/C=C\C/C=C\CCCCCCC.